The molecule has 1 unspecified atom stereocenters. The maximum Gasteiger partial charge on any atom is 0.236 e. The second kappa shape index (κ2) is 7.60. The fraction of sp³-hybridized carbons (Fsp3) is 0.522. The molecule has 0 bridgehead atoms. The number of amides is 1. The molecule has 1 atom stereocenters. The average molecular weight is 455 g/mol. The summed E-state index contributed by atoms with van der Waals surface area (Å²) in [6.07, 6.45) is 3.77. The highest BCUT2D eigenvalue weighted by Gasteiger charge is 2.45. The Bertz CT molecular complexity index is 1070. The van der Waals surface area contributed by atoms with Gasteiger partial charge < -0.3 is 26.0 Å². The van der Waals surface area contributed by atoms with E-state index < -0.39 is 5.41 Å². The number of carbonyl (C=O) groups is 1. The quantitative estimate of drug-likeness (QED) is 0.727. The average Bonchev–Trinajstić information content (AvgIpc) is 3.21. The molecule has 3 aliphatic heterocycles. The van der Waals surface area contributed by atoms with Gasteiger partial charge in [0.2, 0.25) is 5.91 Å². The van der Waals surface area contributed by atoms with Gasteiger partial charge in [-0.15, -0.1) is 0 Å². The summed E-state index contributed by atoms with van der Waals surface area (Å²) >= 11 is 1.47. The van der Waals surface area contributed by atoms with Crippen molar-refractivity contribution < 1.29 is 9.53 Å². The molecular weight excluding hydrogens is 424 g/mol. The van der Waals surface area contributed by atoms with E-state index in [1.807, 2.05) is 39.1 Å². The largest absolute Gasteiger partial charge is 0.381 e. The van der Waals surface area contributed by atoms with Crippen molar-refractivity contribution in [1.82, 2.24) is 9.97 Å². The second-order valence-corrected chi connectivity index (χ2v) is 10.7. The van der Waals surface area contributed by atoms with Gasteiger partial charge in [-0.1, -0.05) is 17.8 Å². The molecule has 5 rings (SSSR count). The van der Waals surface area contributed by atoms with E-state index in [9.17, 15) is 4.79 Å². The SMILES string of the molecule is CN1C(=O)C(C)(C)c2c(Sc3ncc(N4CCC5(CC4)COCC5N)nc3N)cccc21. The van der Waals surface area contributed by atoms with Crippen molar-refractivity contribution in [3.63, 3.8) is 0 Å². The molecule has 0 radical (unpaired) electrons. The Morgan fingerprint density at radius 3 is 2.66 bits per heavy atom. The molecule has 8 nitrogen and oxygen atoms in total. The summed E-state index contributed by atoms with van der Waals surface area (Å²) < 4.78 is 5.62. The minimum absolute atomic E-state index is 0.0882. The highest BCUT2D eigenvalue weighted by atomic mass is 32.2. The predicted octanol–water partition coefficient (Wildman–Crippen LogP) is 2.41. The monoisotopic (exact) mass is 454 g/mol. The van der Waals surface area contributed by atoms with Crippen molar-refractivity contribution >= 4 is 35.0 Å². The number of hydrogen-bond acceptors (Lipinski definition) is 8. The van der Waals surface area contributed by atoms with Crippen LogP contribution in [0, 0.1) is 5.41 Å². The molecule has 32 heavy (non-hydrogen) atoms. The summed E-state index contributed by atoms with van der Waals surface area (Å²) in [5.41, 5.74) is 14.1. The lowest BCUT2D eigenvalue weighted by Crippen LogP contribution is -2.49. The lowest BCUT2D eigenvalue weighted by Gasteiger charge is -2.41. The van der Waals surface area contributed by atoms with Gasteiger partial charge in [-0.2, -0.15) is 0 Å². The van der Waals surface area contributed by atoms with Crippen LogP contribution in [0.1, 0.15) is 32.3 Å². The number of rotatable bonds is 3. The molecule has 1 aromatic carbocycles. The van der Waals surface area contributed by atoms with Crippen LogP contribution in [0.2, 0.25) is 0 Å². The Morgan fingerprint density at radius 1 is 1.25 bits per heavy atom. The summed E-state index contributed by atoms with van der Waals surface area (Å²) in [7, 11) is 1.82. The molecule has 4 heterocycles. The van der Waals surface area contributed by atoms with Crippen LogP contribution in [-0.4, -0.2) is 55.3 Å². The van der Waals surface area contributed by atoms with Crippen molar-refractivity contribution in [2.75, 3.05) is 48.9 Å². The summed E-state index contributed by atoms with van der Waals surface area (Å²) in [5, 5.41) is 0.652. The van der Waals surface area contributed by atoms with Gasteiger partial charge in [-0.3, -0.25) is 4.79 Å². The highest BCUT2D eigenvalue weighted by Crippen LogP contribution is 2.47. The van der Waals surface area contributed by atoms with Gasteiger partial charge >= 0.3 is 0 Å². The number of likely N-dealkylation sites (N-methyl/N-ethyl adjacent to an activating group) is 1. The molecular formula is C23H30N6O2S. The Morgan fingerprint density at radius 2 is 2.00 bits per heavy atom. The number of piperidine rings is 1. The van der Waals surface area contributed by atoms with E-state index in [-0.39, 0.29) is 17.4 Å². The van der Waals surface area contributed by atoms with Crippen LogP contribution in [0.4, 0.5) is 17.3 Å². The number of benzene rings is 1. The molecule has 4 N–H and O–H groups in total. The number of carbonyl (C=O) groups excluding carboxylic acids is 1. The van der Waals surface area contributed by atoms with E-state index in [1.165, 1.54) is 11.8 Å². The van der Waals surface area contributed by atoms with Crippen LogP contribution < -0.4 is 21.3 Å². The lowest BCUT2D eigenvalue weighted by atomic mass is 9.75. The first-order valence-electron chi connectivity index (χ1n) is 11.0. The maximum atomic E-state index is 12.7. The number of hydrogen-bond donors (Lipinski definition) is 2. The Balaban J connectivity index is 1.36. The van der Waals surface area contributed by atoms with Gasteiger partial charge in [0, 0.05) is 47.7 Å². The Hall–Kier alpha value is -2.36. The van der Waals surface area contributed by atoms with Crippen LogP contribution in [0.3, 0.4) is 0 Å². The zero-order valence-corrected chi connectivity index (χ0v) is 19.6. The Kier molecular flexibility index (Phi) is 5.11. The summed E-state index contributed by atoms with van der Waals surface area (Å²) in [4.78, 5) is 27.0. The number of nitrogens with zero attached hydrogens (tertiary/aromatic N) is 4. The normalized spacial score (nSPS) is 23.8. The number of anilines is 3. The highest BCUT2D eigenvalue weighted by molar-refractivity contribution is 7.99. The van der Waals surface area contributed by atoms with Gasteiger partial charge in [-0.25, -0.2) is 9.97 Å². The molecule has 2 saturated heterocycles. The fourth-order valence-corrected chi connectivity index (χ4v) is 6.31. The molecule has 3 aliphatic rings. The van der Waals surface area contributed by atoms with Crippen LogP contribution >= 0.6 is 11.8 Å². The smallest absolute Gasteiger partial charge is 0.236 e. The third-order valence-corrected chi connectivity index (χ3v) is 8.41. The van der Waals surface area contributed by atoms with Crippen LogP contribution in [0.15, 0.2) is 34.3 Å². The summed E-state index contributed by atoms with van der Waals surface area (Å²) in [6, 6.07) is 6.08. The second-order valence-electron chi connectivity index (χ2n) is 9.63. The zero-order chi connectivity index (χ0) is 22.7. The number of fused-ring (bicyclic) bond motifs is 1. The first-order chi connectivity index (χ1) is 15.2. The van der Waals surface area contributed by atoms with Crippen molar-refractivity contribution in [3.05, 3.63) is 30.0 Å². The van der Waals surface area contributed by atoms with E-state index in [4.69, 9.17) is 16.2 Å². The van der Waals surface area contributed by atoms with E-state index in [0.717, 1.165) is 54.5 Å². The number of ether oxygens (including phenoxy) is 1. The van der Waals surface area contributed by atoms with Crippen molar-refractivity contribution in [2.24, 2.45) is 11.1 Å². The molecule has 2 aromatic rings. The molecule has 9 heteroatoms. The van der Waals surface area contributed by atoms with Crippen molar-refractivity contribution in [3.8, 4) is 0 Å². The Labute approximate surface area is 192 Å². The molecule has 0 aliphatic carbocycles. The van der Waals surface area contributed by atoms with Gasteiger partial charge in [0.15, 0.2) is 5.82 Å². The van der Waals surface area contributed by atoms with E-state index in [1.54, 1.807) is 11.1 Å². The number of nitrogen functional groups attached to an aromatic ring is 1. The minimum atomic E-state index is -0.593. The van der Waals surface area contributed by atoms with E-state index in [0.29, 0.717) is 17.5 Å². The van der Waals surface area contributed by atoms with Gasteiger partial charge in [0.05, 0.1) is 24.8 Å². The van der Waals surface area contributed by atoms with E-state index in [2.05, 4.69) is 14.9 Å². The third-order valence-electron chi connectivity index (χ3n) is 7.34. The molecule has 2 fully saturated rings. The van der Waals surface area contributed by atoms with Gasteiger partial charge in [0.25, 0.3) is 0 Å². The lowest BCUT2D eigenvalue weighted by molar-refractivity contribution is -0.121. The standard InChI is InChI=1S/C23H30N6O2S/c1-22(2)18-14(28(3)21(22)30)5-4-6-15(18)32-20-19(25)27-17(11-26-20)29-9-7-23(8-10-29)13-31-12-16(23)24/h4-6,11,16H,7-10,12-13,24H2,1-3H3,(H2,25,27). The number of nitrogens with two attached hydrogens (primary N) is 2. The third kappa shape index (κ3) is 3.25. The molecule has 170 valence electrons. The van der Waals surface area contributed by atoms with Crippen LogP contribution in [0.5, 0.6) is 0 Å². The minimum Gasteiger partial charge on any atom is -0.381 e. The molecule has 0 saturated carbocycles. The summed E-state index contributed by atoms with van der Waals surface area (Å²) in [6.45, 7) is 7.06. The molecule has 1 spiro atoms. The first kappa shape index (κ1) is 21.5. The number of aromatic nitrogens is 2. The maximum absolute atomic E-state index is 12.7. The van der Waals surface area contributed by atoms with Crippen LogP contribution in [0.25, 0.3) is 0 Å². The topological polar surface area (TPSA) is 111 Å². The van der Waals surface area contributed by atoms with Crippen LogP contribution in [-0.2, 0) is 14.9 Å². The van der Waals surface area contributed by atoms with E-state index >= 15 is 0 Å². The fourth-order valence-electron chi connectivity index (χ4n) is 5.23. The van der Waals surface area contributed by atoms with Gasteiger partial charge in [0.1, 0.15) is 10.8 Å². The van der Waals surface area contributed by atoms with Gasteiger partial charge in [-0.05, 0) is 38.8 Å². The zero-order valence-electron chi connectivity index (χ0n) is 18.8. The first-order valence-corrected chi connectivity index (χ1v) is 11.8. The molecule has 1 aromatic heterocycles. The molecule has 1 amide bonds. The predicted molar refractivity (Wildman–Crippen MR) is 126 cm³/mol. The van der Waals surface area contributed by atoms with Crippen molar-refractivity contribution in [1.29, 1.82) is 0 Å². The van der Waals surface area contributed by atoms with Crippen molar-refractivity contribution in [2.45, 2.75) is 48.1 Å². The summed E-state index contributed by atoms with van der Waals surface area (Å²) in [5.74, 6) is 1.29.